The van der Waals surface area contributed by atoms with Gasteiger partial charge in [0.05, 0.1) is 19.8 Å². The second-order valence-corrected chi connectivity index (χ2v) is 3.16. The van der Waals surface area contributed by atoms with Crippen molar-refractivity contribution in [3.63, 3.8) is 0 Å². The van der Waals surface area contributed by atoms with Crippen molar-refractivity contribution in [2.24, 2.45) is 0 Å². The van der Waals surface area contributed by atoms with Gasteiger partial charge >= 0.3 is 0 Å². The van der Waals surface area contributed by atoms with E-state index in [1.165, 1.54) is 0 Å². The number of hydrogen-bond acceptors (Lipinski definition) is 3. The van der Waals surface area contributed by atoms with Crippen LogP contribution >= 0.6 is 0 Å². The Morgan fingerprint density at radius 3 is 2.36 bits per heavy atom. The van der Waals surface area contributed by atoms with Crippen LogP contribution < -0.4 is 4.74 Å². The quantitative estimate of drug-likeness (QED) is 0.770. The zero-order valence-electron chi connectivity index (χ0n) is 8.56. The molecule has 0 fully saturated rings. The van der Waals surface area contributed by atoms with Gasteiger partial charge in [-0.2, -0.15) is 0 Å². The summed E-state index contributed by atoms with van der Waals surface area (Å²) in [6, 6.07) is 7.65. The van der Waals surface area contributed by atoms with Crippen LogP contribution in [0.3, 0.4) is 0 Å². The van der Waals surface area contributed by atoms with Crippen LogP contribution in [0.5, 0.6) is 5.75 Å². The Balaban J connectivity index is 2.50. The van der Waals surface area contributed by atoms with Gasteiger partial charge in [0.1, 0.15) is 5.75 Å². The second-order valence-electron chi connectivity index (χ2n) is 3.16. The van der Waals surface area contributed by atoms with Crippen LogP contribution in [0, 0.1) is 0 Å². The van der Waals surface area contributed by atoms with E-state index in [-0.39, 0.29) is 0 Å². The van der Waals surface area contributed by atoms with Gasteiger partial charge in [-0.3, -0.25) is 0 Å². The minimum atomic E-state index is -0.437. The number of hydrogen-bond donors (Lipinski definition) is 1. The van der Waals surface area contributed by atoms with E-state index < -0.39 is 6.10 Å². The molecule has 3 nitrogen and oxygen atoms in total. The molecule has 1 N–H and O–H groups in total. The monoisotopic (exact) mass is 196 g/mol. The van der Waals surface area contributed by atoms with Crippen LogP contribution in [0.15, 0.2) is 24.3 Å². The summed E-state index contributed by atoms with van der Waals surface area (Å²) in [6.45, 7) is 0.367. The van der Waals surface area contributed by atoms with E-state index in [0.717, 1.165) is 11.3 Å². The van der Waals surface area contributed by atoms with Crippen molar-refractivity contribution in [3.05, 3.63) is 29.8 Å². The first-order valence-electron chi connectivity index (χ1n) is 4.56. The van der Waals surface area contributed by atoms with Crippen LogP contribution in [-0.2, 0) is 11.2 Å². The van der Waals surface area contributed by atoms with Gasteiger partial charge in [0.25, 0.3) is 0 Å². The van der Waals surface area contributed by atoms with Crippen molar-refractivity contribution in [1.29, 1.82) is 0 Å². The Morgan fingerprint density at radius 1 is 1.21 bits per heavy atom. The van der Waals surface area contributed by atoms with E-state index in [1.807, 2.05) is 24.3 Å². The van der Waals surface area contributed by atoms with Gasteiger partial charge in [0.15, 0.2) is 0 Å². The van der Waals surface area contributed by atoms with Crippen LogP contribution in [0.2, 0.25) is 0 Å². The van der Waals surface area contributed by atoms with E-state index in [4.69, 9.17) is 9.47 Å². The lowest BCUT2D eigenvalue weighted by atomic mass is 10.1. The molecule has 0 bridgehead atoms. The highest BCUT2D eigenvalue weighted by atomic mass is 16.5. The Bertz CT molecular complexity index is 256. The van der Waals surface area contributed by atoms with Crippen molar-refractivity contribution in [1.82, 2.24) is 0 Å². The minimum absolute atomic E-state index is 0.367. The molecular formula is C11H16O3. The molecule has 1 aromatic carbocycles. The first-order valence-corrected chi connectivity index (χ1v) is 4.56. The first-order chi connectivity index (χ1) is 6.76. The summed E-state index contributed by atoms with van der Waals surface area (Å²) in [4.78, 5) is 0. The molecule has 0 aliphatic carbocycles. The number of rotatable bonds is 5. The molecule has 1 atom stereocenters. The Hall–Kier alpha value is -1.06. The van der Waals surface area contributed by atoms with E-state index >= 15 is 0 Å². The first kappa shape index (κ1) is 11.0. The molecule has 1 aromatic rings. The average molecular weight is 196 g/mol. The summed E-state index contributed by atoms with van der Waals surface area (Å²) in [5.41, 5.74) is 1.08. The molecule has 0 aliphatic rings. The summed E-state index contributed by atoms with van der Waals surface area (Å²) in [5.74, 6) is 0.829. The van der Waals surface area contributed by atoms with Crippen molar-refractivity contribution < 1.29 is 14.6 Å². The Labute approximate surface area is 84.3 Å². The van der Waals surface area contributed by atoms with Crippen LogP contribution in [0.4, 0.5) is 0 Å². The molecule has 14 heavy (non-hydrogen) atoms. The molecule has 1 unspecified atom stereocenters. The zero-order chi connectivity index (χ0) is 10.4. The molecule has 3 heteroatoms. The molecule has 78 valence electrons. The molecule has 0 saturated heterocycles. The predicted molar refractivity (Wildman–Crippen MR) is 54.6 cm³/mol. The van der Waals surface area contributed by atoms with E-state index in [9.17, 15) is 5.11 Å². The highest BCUT2D eigenvalue weighted by Crippen LogP contribution is 2.12. The highest BCUT2D eigenvalue weighted by molar-refractivity contribution is 5.27. The third kappa shape index (κ3) is 3.36. The molecule has 0 spiro atoms. The molecule has 0 amide bonds. The standard InChI is InChI=1S/C11H16O3/c1-13-8-10(12)7-9-3-5-11(14-2)6-4-9/h3-6,10,12H,7-8H2,1-2H3. The maximum absolute atomic E-state index is 9.47. The van der Waals surface area contributed by atoms with Gasteiger partial charge in [0, 0.05) is 13.5 Å². The van der Waals surface area contributed by atoms with E-state index in [0.29, 0.717) is 13.0 Å². The summed E-state index contributed by atoms with van der Waals surface area (Å²) in [5, 5.41) is 9.47. The molecule has 0 saturated carbocycles. The van der Waals surface area contributed by atoms with Gasteiger partial charge in [-0.25, -0.2) is 0 Å². The van der Waals surface area contributed by atoms with Gasteiger partial charge in [0.2, 0.25) is 0 Å². The Kier molecular flexibility index (Phi) is 4.43. The number of aliphatic hydroxyl groups is 1. The molecule has 1 rings (SSSR count). The van der Waals surface area contributed by atoms with E-state index in [2.05, 4.69) is 0 Å². The van der Waals surface area contributed by atoms with Gasteiger partial charge in [-0.15, -0.1) is 0 Å². The van der Waals surface area contributed by atoms with Gasteiger partial charge in [-0.1, -0.05) is 12.1 Å². The largest absolute Gasteiger partial charge is 0.497 e. The summed E-state index contributed by atoms with van der Waals surface area (Å²) in [6.07, 6.45) is 0.172. The van der Waals surface area contributed by atoms with Gasteiger partial charge in [-0.05, 0) is 17.7 Å². The van der Waals surface area contributed by atoms with Crippen LogP contribution in [-0.4, -0.2) is 32.0 Å². The van der Waals surface area contributed by atoms with Crippen molar-refractivity contribution in [3.8, 4) is 5.75 Å². The average Bonchev–Trinajstić information content (AvgIpc) is 2.19. The zero-order valence-corrected chi connectivity index (χ0v) is 8.56. The molecular weight excluding hydrogens is 180 g/mol. The topological polar surface area (TPSA) is 38.7 Å². The van der Waals surface area contributed by atoms with Crippen LogP contribution in [0.1, 0.15) is 5.56 Å². The lowest BCUT2D eigenvalue weighted by Gasteiger charge is -2.09. The Morgan fingerprint density at radius 2 is 1.86 bits per heavy atom. The summed E-state index contributed by atoms with van der Waals surface area (Å²) >= 11 is 0. The molecule has 0 aliphatic heterocycles. The van der Waals surface area contributed by atoms with Crippen molar-refractivity contribution in [2.75, 3.05) is 20.8 Å². The van der Waals surface area contributed by atoms with Crippen molar-refractivity contribution in [2.45, 2.75) is 12.5 Å². The number of methoxy groups -OCH3 is 2. The predicted octanol–water partition coefficient (Wildman–Crippen LogP) is 1.25. The molecule has 0 radical (unpaired) electrons. The molecule has 0 aromatic heterocycles. The summed E-state index contributed by atoms with van der Waals surface area (Å²) in [7, 11) is 3.21. The maximum atomic E-state index is 9.47. The maximum Gasteiger partial charge on any atom is 0.118 e. The lowest BCUT2D eigenvalue weighted by Crippen LogP contribution is -2.16. The fourth-order valence-corrected chi connectivity index (χ4v) is 1.29. The smallest absolute Gasteiger partial charge is 0.118 e. The van der Waals surface area contributed by atoms with Crippen LogP contribution in [0.25, 0.3) is 0 Å². The minimum Gasteiger partial charge on any atom is -0.497 e. The second kappa shape index (κ2) is 5.62. The third-order valence-electron chi connectivity index (χ3n) is 1.99. The number of ether oxygens (including phenoxy) is 2. The number of aliphatic hydroxyl groups excluding tert-OH is 1. The third-order valence-corrected chi connectivity index (χ3v) is 1.99. The van der Waals surface area contributed by atoms with E-state index in [1.54, 1.807) is 14.2 Å². The SMILES string of the molecule is COCC(O)Cc1ccc(OC)cc1. The van der Waals surface area contributed by atoms with Crippen molar-refractivity contribution >= 4 is 0 Å². The highest BCUT2D eigenvalue weighted by Gasteiger charge is 2.04. The number of benzene rings is 1. The fourth-order valence-electron chi connectivity index (χ4n) is 1.29. The fraction of sp³-hybridized carbons (Fsp3) is 0.455. The lowest BCUT2D eigenvalue weighted by molar-refractivity contribution is 0.0650. The van der Waals surface area contributed by atoms with Gasteiger partial charge < -0.3 is 14.6 Å². The summed E-state index contributed by atoms with van der Waals surface area (Å²) < 4.78 is 9.88. The molecule has 0 heterocycles. The normalized spacial score (nSPS) is 12.5.